The van der Waals surface area contributed by atoms with E-state index in [9.17, 15) is 9.59 Å². The number of nitrogens with two attached hydrogens (primary N) is 1. The summed E-state index contributed by atoms with van der Waals surface area (Å²) in [7, 11) is 0. The van der Waals surface area contributed by atoms with Crippen molar-refractivity contribution in [3.05, 3.63) is 59.2 Å². The smallest absolute Gasteiger partial charge is 0.259 e. The van der Waals surface area contributed by atoms with Crippen molar-refractivity contribution >= 4 is 17.5 Å². The third-order valence-electron chi connectivity index (χ3n) is 3.26. The largest absolute Gasteiger partial charge is 0.490 e. The van der Waals surface area contributed by atoms with E-state index in [2.05, 4.69) is 5.32 Å². The molecule has 0 bridgehead atoms. The van der Waals surface area contributed by atoms with Gasteiger partial charge in [-0.1, -0.05) is 18.2 Å². The Kier molecular flexibility index (Phi) is 5.01. The lowest BCUT2D eigenvalue weighted by molar-refractivity contribution is 0.0994. The second-order valence-corrected chi connectivity index (χ2v) is 5.51. The maximum atomic E-state index is 12.5. The van der Waals surface area contributed by atoms with Gasteiger partial charge in [-0.3, -0.25) is 9.59 Å². The Morgan fingerprint density at radius 1 is 1.09 bits per heavy atom. The summed E-state index contributed by atoms with van der Waals surface area (Å²) >= 11 is 0. The standard InChI is InChI=1S/C18H20N2O3/c1-11(2)23-16-7-5-4-6-14(16)18(22)20-13-9-8-12(3)15(10-13)17(19)21/h4-11H,1-3H3,(H2,19,21)(H,20,22). The van der Waals surface area contributed by atoms with Crippen molar-refractivity contribution in [1.29, 1.82) is 0 Å². The summed E-state index contributed by atoms with van der Waals surface area (Å²) in [6, 6.07) is 12.1. The number of amides is 2. The van der Waals surface area contributed by atoms with Gasteiger partial charge in [-0.25, -0.2) is 0 Å². The highest BCUT2D eigenvalue weighted by atomic mass is 16.5. The van der Waals surface area contributed by atoms with E-state index in [0.717, 1.165) is 5.56 Å². The molecule has 5 heteroatoms. The normalized spacial score (nSPS) is 10.4. The van der Waals surface area contributed by atoms with Crippen LogP contribution in [-0.2, 0) is 0 Å². The second kappa shape index (κ2) is 6.96. The predicted molar refractivity (Wildman–Crippen MR) is 89.9 cm³/mol. The zero-order valence-corrected chi connectivity index (χ0v) is 13.4. The van der Waals surface area contributed by atoms with E-state index in [1.165, 1.54) is 0 Å². The lowest BCUT2D eigenvalue weighted by atomic mass is 10.1. The first-order valence-corrected chi connectivity index (χ1v) is 7.36. The molecule has 0 atom stereocenters. The van der Waals surface area contributed by atoms with E-state index in [4.69, 9.17) is 10.5 Å². The van der Waals surface area contributed by atoms with E-state index in [1.54, 1.807) is 43.3 Å². The number of ether oxygens (including phenoxy) is 1. The number of aryl methyl sites for hydroxylation is 1. The summed E-state index contributed by atoms with van der Waals surface area (Å²) in [5.74, 6) is -0.315. The molecule has 0 unspecified atom stereocenters. The van der Waals surface area contributed by atoms with Gasteiger partial charge in [0.05, 0.1) is 11.7 Å². The molecule has 2 aromatic rings. The number of hydrogen-bond acceptors (Lipinski definition) is 3. The summed E-state index contributed by atoms with van der Waals surface area (Å²) < 4.78 is 5.65. The van der Waals surface area contributed by atoms with Gasteiger partial charge in [0, 0.05) is 11.3 Å². The quantitative estimate of drug-likeness (QED) is 0.890. The van der Waals surface area contributed by atoms with Gasteiger partial charge in [0.25, 0.3) is 5.91 Å². The lowest BCUT2D eigenvalue weighted by Gasteiger charge is -2.14. The van der Waals surface area contributed by atoms with Crippen LogP contribution in [0.25, 0.3) is 0 Å². The van der Waals surface area contributed by atoms with E-state index in [0.29, 0.717) is 22.6 Å². The molecule has 0 saturated carbocycles. The van der Waals surface area contributed by atoms with E-state index < -0.39 is 5.91 Å². The van der Waals surface area contributed by atoms with Crippen LogP contribution in [0.4, 0.5) is 5.69 Å². The topological polar surface area (TPSA) is 81.4 Å². The van der Waals surface area contributed by atoms with Crippen molar-refractivity contribution in [3.8, 4) is 5.75 Å². The number of para-hydroxylation sites is 1. The van der Waals surface area contributed by atoms with Crippen LogP contribution in [0, 0.1) is 6.92 Å². The molecule has 0 saturated heterocycles. The molecule has 0 fully saturated rings. The number of hydrogen-bond donors (Lipinski definition) is 2. The monoisotopic (exact) mass is 312 g/mol. The van der Waals surface area contributed by atoms with Gasteiger partial charge in [-0.2, -0.15) is 0 Å². The summed E-state index contributed by atoms with van der Waals surface area (Å²) in [6.45, 7) is 5.58. The lowest BCUT2D eigenvalue weighted by Crippen LogP contribution is -2.17. The molecule has 120 valence electrons. The fourth-order valence-electron chi connectivity index (χ4n) is 2.17. The third-order valence-corrected chi connectivity index (χ3v) is 3.26. The molecule has 0 aliphatic rings. The third kappa shape index (κ3) is 4.10. The van der Waals surface area contributed by atoms with Crippen LogP contribution in [0.5, 0.6) is 5.75 Å². The first-order valence-electron chi connectivity index (χ1n) is 7.36. The van der Waals surface area contributed by atoms with Crippen LogP contribution in [0.15, 0.2) is 42.5 Å². The Morgan fingerprint density at radius 3 is 2.43 bits per heavy atom. The molecule has 23 heavy (non-hydrogen) atoms. The Hall–Kier alpha value is -2.82. The van der Waals surface area contributed by atoms with E-state index >= 15 is 0 Å². The summed E-state index contributed by atoms with van der Waals surface area (Å²) in [6.07, 6.45) is -0.0372. The number of anilines is 1. The molecule has 0 heterocycles. The van der Waals surface area contributed by atoms with E-state index in [1.807, 2.05) is 19.9 Å². The van der Waals surface area contributed by atoms with Crippen LogP contribution >= 0.6 is 0 Å². The van der Waals surface area contributed by atoms with Crippen molar-refractivity contribution in [3.63, 3.8) is 0 Å². The minimum Gasteiger partial charge on any atom is -0.490 e. The Bertz CT molecular complexity index is 739. The highest BCUT2D eigenvalue weighted by Crippen LogP contribution is 2.22. The number of carbonyl (C=O) groups excluding carboxylic acids is 2. The van der Waals surface area contributed by atoms with Gasteiger partial charge in [-0.05, 0) is 50.6 Å². The van der Waals surface area contributed by atoms with Crippen LogP contribution in [0.1, 0.15) is 40.1 Å². The zero-order chi connectivity index (χ0) is 17.0. The van der Waals surface area contributed by atoms with Crippen molar-refractivity contribution in [2.24, 2.45) is 5.73 Å². The fourth-order valence-corrected chi connectivity index (χ4v) is 2.17. The highest BCUT2D eigenvalue weighted by molar-refractivity contribution is 6.07. The second-order valence-electron chi connectivity index (χ2n) is 5.51. The molecule has 0 aromatic heterocycles. The van der Waals surface area contributed by atoms with Gasteiger partial charge in [-0.15, -0.1) is 0 Å². The molecule has 0 aliphatic heterocycles. The van der Waals surface area contributed by atoms with Gasteiger partial charge in [0.15, 0.2) is 0 Å². The summed E-state index contributed by atoms with van der Waals surface area (Å²) in [4.78, 5) is 23.9. The molecule has 2 aromatic carbocycles. The SMILES string of the molecule is Cc1ccc(NC(=O)c2ccccc2OC(C)C)cc1C(N)=O. The molecule has 0 spiro atoms. The van der Waals surface area contributed by atoms with Crippen LogP contribution in [0.2, 0.25) is 0 Å². The van der Waals surface area contributed by atoms with Crippen molar-refractivity contribution in [2.75, 3.05) is 5.32 Å². The van der Waals surface area contributed by atoms with Crippen molar-refractivity contribution < 1.29 is 14.3 Å². The number of benzene rings is 2. The average molecular weight is 312 g/mol. The molecular formula is C18H20N2O3. The van der Waals surface area contributed by atoms with Crippen molar-refractivity contribution in [1.82, 2.24) is 0 Å². The molecule has 5 nitrogen and oxygen atoms in total. The fraction of sp³-hybridized carbons (Fsp3) is 0.222. The number of carbonyl (C=O) groups is 2. The number of rotatable bonds is 5. The number of primary amides is 1. The van der Waals surface area contributed by atoms with Crippen LogP contribution < -0.4 is 15.8 Å². The Morgan fingerprint density at radius 2 is 1.78 bits per heavy atom. The Balaban J connectivity index is 2.26. The van der Waals surface area contributed by atoms with Gasteiger partial charge in [0.2, 0.25) is 5.91 Å². The van der Waals surface area contributed by atoms with E-state index in [-0.39, 0.29) is 12.0 Å². The number of nitrogens with one attached hydrogen (secondary N) is 1. The molecule has 0 radical (unpaired) electrons. The highest BCUT2D eigenvalue weighted by Gasteiger charge is 2.14. The van der Waals surface area contributed by atoms with Gasteiger partial charge in [0.1, 0.15) is 5.75 Å². The van der Waals surface area contributed by atoms with Crippen LogP contribution in [0.3, 0.4) is 0 Å². The molecule has 3 N–H and O–H groups in total. The average Bonchev–Trinajstić information content (AvgIpc) is 2.48. The zero-order valence-electron chi connectivity index (χ0n) is 13.4. The summed E-state index contributed by atoms with van der Waals surface area (Å²) in [5.41, 5.74) is 7.42. The maximum absolute atomic E-state index is 12.5. The minimum absolute atomic E-state index is 0.0372. The first kappa shape index (κ1) is 16.5. The van der Waals surface area contributed by atoms with Crippen molar-refractivity contribution in [2.45, 2.75) is 26.9 Å². The molecule has 0 aliphatic carbocycles. The predicted octanol–water partition coefficient (Wildman–Crippen LogP) is 3.13. The first-order chi connectivity index (χ1) is 10.9. The maximum Gasteiger partial charge on any atom is 0.259 e. The molecule has 2 rings (SSSR count). The van der Waals surface area contributed by atoms with Crippen LogP contribution in [-0.4, -0.2) is 17.9 Å². The molecule has 2 amide bonds. The van der Waals surface area contributed by atoms with Gasteiger partial charge < -0.3 is 15.8 Å². The Labute approximate surface area is 135 Å². The molecular weight excluding hydrogens is 292 g/mol. The summed E-state index contributed by atoms with van der Waals surface area (Å²) in [5, 5.41) is 2.77. The van der Waals surface area contributed by atoms with Gasteiger partial charge >= 0.3 is 0 Å². The minimum atomic E-state index is -0.526.